The average Bonchev–Trinajstić information content (AvgIpc) is 2.65. The first-order valence-corrected chi connectivity index (χ1v) is 12.0. The third kappa shape index (κ3) is 5.12. The van der Waals surface area contributed by atoms with Crippen LogP contribution in [0.1, 0.15) is 44.4 Å². The molecule has 0 bridgehead atoms. The summed E-state index contributed by atoms with van der Waals surface area (Å²) >= 11 is 0. The number of nitrogens with one attached hydrogen (secondary N) is 1. The first-order valence-electron chi connectivity index (χ1n) is 10.1. The fraction of sp³-hybridized carbons (Fsp3) is 0.435. The van der Waals surface area contributed by atoms with Crippen LogP contribution in [0.4, 0.5) is 5.69 Å². The van der Waals surface area contributed by atoms with E-state index in [0.717, 1.165) is 21.7 Å². The zero-order chi connectivity index (χ0) is 23.0. The minimum absolute atomic E-state index is 0.321. The van der Waals surface area contributed by atoms with E-state index in [4.69, 9.17) is 9.47 Å². The molecule has 1 N–H and O–H groups in total. The van der Waals surface area contributed by atoms with Gasteiger partial charge in [-0.1, -0.05) is 12.1 Å². The van der Waals surface area contributed by atoms with Gasteiger partial charge in [0.2, 0.25) is 15.9 Å². The molecule has 7 nitrogen and oxygen atoms in total. The van der Waals surface area contributed by atoms with Crippen LogP contribution in [0.15, 0.2) is 42.5 Å². The average molecular weight is 447 g/mol. The van der Waals surface area contributed by atoms with Crippen LogP contribution in [0.25, 0.3) is 0 Å². The number of nitrogens with zero attached hydrogens (tertiary/aromatic N) is 1. The van der Waals surface area contributed by atoms with Gasteiger partial charge in [0.1, 0.15) is 23.1 Å². The van der Waals surface area contributed by atoms with E-state index in [0.29, 0.717) is 23.6 Å². The standard InChI is InChI=1S/C23H30N2O5S/c1-15-8-7-9-17(12-15)25(31(6,27)28)16(2)22(26)24-20-14-23(3,4)30-21-13-18(29-5)10-11-19(20)21/h7-13,16,20H,14H2,1-6H3,(H,24,26)/t16-,20+/m1/s1. The van der Waals surface area contributed by atoms with E-state index in [1.807, 2.05) is 39.0 Å². The van der Waals surface area contributed by atoms with Crippen molar-refractivity contribution in [2.24, 2.45) is 0 Å². The van der Waals surface area contributed by atoms with Crippen LogP contribution in [-0.2, 0) is 14.8 Å². The van der Waals surface area contributed by atoms with Gasteiger partial charge >= 0.3 is 0 Å². The van der Waals surface area contributed by atoms with E-state index < -0.39 is 21.7 Å². The monoisotopic (exact) mass is 446 g/mol. The summed E-state index contributed by atoms with van der Waals surface area (Å²) in [6.45, 7) is 7.38. The Kier molecular flexibility index (Phi) is 6.23. The predicted octanol–water partition coefficient (Wildman–Crippen LogP) is 3.58. The maximum atomic E-state index is 13.2. The van der Waals surface area contributed by atoms with Gasteiger partial charge in [0, 0.05) is 18.1 Å². The van der Waals surface area contributed by atoms with Crippen LogP contribution in [-0.4, -0.2) is 39.3 Å². The van der Waals surface area contributed by atoms with Crippen molar-refractivity contribution in [3.63, 3.8) is 0 Å². The van der Waals surface area contributed by atoms with Gasteiger partial charge in [-0.25, -0.2) is 8.42 Å². The molecule has 1 amide bonds. The highest BCUT2D eigenvalue weighted by Crippen LogP contribution is 2.41. The summed E-state index contributed by atoms with van der Waals surface area (Å²) in [7, 11) is -2.10. The van der Waals surface area contributed by atoms with Crippen LogP contribution in [0, 0.1) is 6.92 Å². The Morgan fingerprint density at radius 2 is 1.97 bits per heavy atom. The maximum Gasteiger partial charge on any atom is 0.244 e. The molecule has 0 fully saturated rings. The molecule has 1 heterocycles. The van der Waals surface area contributed by atoms with Gasteiger partial charge in [-0.3, -0.25) is 9.10 Å². The molecule has 0 spiro atoms. The van der Waals surface area contributed by atoms with Gasteiger partial charge in [0.15, 0.2) is 0 Å². The van der Waals surface area contributed by atoms with Crippen LogP contribution in [0.5, 0.6) is 11.5 Å². The lowest BCUT2D eigenvalue weighted by Crippen LogP contribution is -2.50. The minimum atomic E-state index is -3.68. The van der Waals surface area contributed by atoms with Crippen molar-refractivity contribution < 1.29 is 22.7 Å². The largest absolute Gasteiger partial charge is 0.497 e. The third-order valence-corrected chi connectivity index (χ3v) is 6.58. The topological polar surface area (TPSA) is 84.9 Å². The van der Waals surface area contributed by atoms with Crippen LogP contribution >= 0.6 is 0 Å². The van der Waals surface area contributed by atoms with Gasteiger partial charge in [-0.15, -0.1) is 0 Å². The molecule has 0 aromatic heterocycles. The van der Waals surface area contributed by atoms with Crippen molar-refractivity contribution in [1.29, 1.82) is 0 Å². The Hall–Kier alpha value is -2.74. The number of sulfonamides is 1. The number of methoxy groups -OCH3 is 1. The summed E-state index contributed by atoms with van der Waals surface area (Å²) in [5, 5.41) is 3.04. The number of benzene rings is 2. The molecule has 0 saturated carbocycles. The fourth-order valence-corrected chi connectivity index (χ4v) is 5.12. The third-order valence-electron chi connectivity index (χ3n) is 5.34. The SMILES string of the molecule is COc1ccc2c(c1)OC(C)(C)C[C@@H]2NC(=O)[C@@H](C)N(c1cccc(C)c1)S(C)(=O)=O. The molecule has 0 radical (unpaired) electrons. The number of carbonyl (C=O) groups is 1. The zero-order valence-electron chi connectivity index (χ0n) is 18.8. The molecule has 2 aromatic carbocycles. The van der Waals surface area contributed by atoms with Gasteiger partial charge in [0.05, 0.1) is 25.1 Å². The summed E-state index contributed by atoms with van der Waals surface area (Å²) in [5.41, 5.74) is 1.70. The fourth-order valence-electron chi connectivity index (χ4n) is 3.95. The molecule has 2 aromatic rings. The Balaban J connectivity index is 1.91. The maximum absolute atomic E-state index is 13.2. The normalized spacial score (nSPS) is 18.3. The predicted molar refractivity (Wildman–Crippen MR) is 121 cm³/mol. The number of anilines is 1. The second kappa shape index (κ2) is 8.42. The first-order chi connectivity index (χ1) is 14.4. The smallest absolute Gasteiger partial charge is 0.244 e. The summed E-state index contributed by atoms with van der Waals surface area (Å²) in [5.74, 6) is 0.932. The molecule has 1 aliphatic rings. The molecule has 3 rings (SSSR count). The molecule has 0 saturated heterocycles. The Labute approximate surface area is 184 Å². The molecule has 0 unspecified atom stereocenters. The zero-order valence-corrected chi connectivity index (χ0v) is 19.6. The molecule has 1 aliphatic heterocycles. The van der Waals surface area contributed by atoms with E-state index in [1.165, 1.54) is 0 Å². The summed E-state index contributed by atoms with van der Waals surface area (Å²) < 4.78 is 37.7. The first kappa shape index (κ1) is 22.9. The molecular weight excluding hydrogens is 416 g/mol. The van der Waals surface area contributed by atoms with E-state index in [-0.39, 0.29) is 11.9 Å². The number of fused-ring (bicyclic) bond motifs is 1. The summed E-state index contributed by atoms with van der Waals surface area (Å²) in [4.78, 5) is 13.2. The van der Waals surface area contributed by atoms with E-state index in [2.05, 4.69) is 5.32 Å². The highest BCUT2D eigenvalue weighted by Gasteiger charge is 2.37. The van der Waals surface area contributed by atoms with Crippen molar-refractivity contribution in [1.82, 2.24) is 5.32 Å². The molecule has 0 aliphatic carbocycles. The Morgan fingerprint density at radius 1 is 1.26 bits per heavy atom. The van der Waals surface area contributed by atoms with Crippen molar-refractivity contribution >= 4 is 21.6 Å². The van der Waals surface area contributed by atoms with Crippen LogP contribution in [0.2, 0.25) is 0 Å². The Morgan fingerprint density at radius 3 is 2.58 bits per heavy atom. The molecule has 168 valence electrons. The van der Waals surface area contributed by atoms with E-state index >= 15 is 0 Å². The van der Waals surface area contributed by atoms with Crippen LogP contribution < -0.4 is 19.1 Å². The van der Waals surface area contributed by atoms with Crippen molar-refractivity contribution in [3.8, 4) is 11.5 Å². The highest BCUT2D eigenvalue weighted by atomic mass is 32.2. The number of amides is 1. The number of rotatable bonds is 6. The van der Waals surface area contributed by atoms with E-state index in [9.17, 15) is 13.2 Å². The summed E-state index contributed by atoms with van der Waals surface area (Å²) in [6.07, 6.45) is 1.66. The number of aryl methyl sites for hydroxylation is 1. The minimum Gasteiger partial charge on any atom is -0.497 e. The number of hydrogen-bond acceptors (Lipinski definition) is 5. The molecule has 2 atom stereocenters. The lowest BCUT2D eigenvalue weighted by molar-refractivity contribution is -0.123. The summed E-state index contributed by atoms with van der Waals surface area (Å²) in [6, 6.07) is 11.3. The number of hydrogen-bond donors (Lipinski definition) is 1. The van der Waals surface area contributed by atoms with Gasteiger partial charge in [0.25, 0.3) is 0 Å². The van der Waals surface area contributed by atoms with Crippen molar-refractivity contribution in [2.75, 3.05) is 17.7 Å². The number of ether oxygens (including phenoxy) is 2. The quantitative estimate of drug-likeness (QED) is 0.733. The van der Waals surface area contributed by atoms with Gasteiger partial charge in [-0.05, 0) is 57.5 Å². The second-order valence-electron chi connectivity index (χ2n) is 8.60. The van der Waals surface area contributed by atoms with E-state index in [1.54, 1.807) is 38.3 Å². The lowest BCUT2D eigenvalue weighted by atomic mass is 9.89. The molecular formula is C23H30N2O5S. The number of carbonyl (C=O) groups excluding carboxylic acids is 1. The molecule has 31 heavy (non-hydrogen) atoms. The highest BCUT2D eigenvalue weighted by molar-refractivity contribution is 7.92. The van der Waals surface area contributed by atoms with Crippen LogP contribution in [0.3, 0.4) is 0 Å². The van der Waals surface area contributed by atoms with Crippen molar-refractivity contribution in [2.45, 2.75) is 51.8 Å². The van der Waals surface area contributed by atoms with Gasteiger partial charge < -0.3 is 14.8 Å². The van der Waals surface area contributed by atoms with Gasteiger partial charge in [-0.2, -0.15) is 0 Å². The second-order valence-corrected chi connectivity index (χ2v) is 10.5. The lowest BCUT2D eigenvalue weighted by Gasteiger charge is -2.39. The van der Waals surface area contributed by atoms with Crippen molar-refractivity contribution in [3.05, 3.63) is 53.6 Å². The molecule has 8 heteroatoms. The Bertz CT molecular complexity index is 1080.